The minimum atomic E-state index is -3.58. The number of amides is 1. The Bertz CT molecular complexity index is 811. The molecule has 6 heteroatoms. The zero-order valence-corrected chi connectivity index (χ0v) is 16.5. The van der Waals surface area contributed by atoms with Gasteiger partial charge in [-0.1, -0.05) is 25.5 Å². The maximum Gasteiger partial charge on any atom is 0.220 e. The number of unbranched alkanes of at least 4 members (excludes halogenated alkanes) is 1. The molecular weight excluding hydrogens is 354 g/mol. The third-order valence-electron chi connectivity index (χ3n) is 4.28. The van der Waals surface area contributed by atoms with E-state index in [9.17, 15) is 13.2 Å². The van der Waals surface area contributed by atoms with Crippen LogP contribution in [0, 0.1) is 13.8 Å². The van der Waals surface area contributed by atoms with Crippen LogP contribution in [-0.2, 0) is 14.6 Å². The quantitative estimate of drug-likeness (QED) is 0.748. The smallest absolute Gasteiger partial charge is 0.220 e. The van der Waals surface area contributed by atoms with Crippen molar-refractivity contribution in [2.75, 3.05) is 6.54 Å². The van der Waals surface area contributed by atoms with Crippen LogP contribution in [0.5, 0.6) is 0 Å². The van der Waals surface area contributed by atoms with Crippen LogP contribution in [0.4, 0.5) is 0 Å². The van der Waals surface area contributed by atoms with Gasteiger partial charge in [0.05, 0.1) is 4.90 Å². The van der Waals surface area contributed by atoms with Crippen LogP contribution >= 0.6 is 11.3 Å². The van der Waals surface area contributed by atoms with E-state index in [0.29, 0.717) is 11.3 Å². The Labute approximate surface area is 154 Å². The lowest BCUT2D eigenvalue weighted by atomic mass is 10.1. The first-order valence-corrected chi connectivity index (χ1v) is 10.9. The van der Waals surface area contributed by atoms with Crippen molar-refractivity contribution in [3.05, 3.63) is 51.7 Å². The molecular formula is C19H25NO3S2. The molecule has 1 N–H and O–H groups in total. The average Bonchev–Trinajstić information content (AvgIpc) is 3.09. The molecule has 0 unspecified atom stereocenters. The fraction of sp³-hybridized carbons (Fsp3) is 0.421. The van der Waals surface area contributed by atoms with Crippen LogP contribution in [-0.4, -0.2) is 20.9 Å². The van der Waals surface area contributed by atoms with E-state index in [0.717, 1.165) is 28.8 Å². The molecule has 1 amide bonds. The van der Waals surface area contributed by atoms with Crippen LogP contribution in [0.3, 0.4) is 0 Å². The first-order chi connectivity index (χ1) is 11.9. The van der Waals surface area contributed by atoms with Gasteiger partial charge in [-0.2, -0.15) is 0 Å². The molecule has 0 aliphatic heterocycles. The number of thiophene rings is 1. The zero-order valence-electron chi connectivity index (χ0n) is 14.9. The molecule has 0 aliphatic rings. The molecule has 2 rings (SSSR count). The Morgan fingerprint density at radius 3 is 2.56 bits per heavy atom. The van der Waals surface area contributed by atoms with E-state index in [1.807, 2.05) is 44.4 Å². The second-order valence-electron chi connectivity index (χ2n) is 6.20. The number of hydrogen-bond donors (Lipinski definition) is 1. The fourth-order valence-electron chi connectivity index (χ4n) is 2.53. The molecule has 1 heterocycles. The zero-order chi connectivity index (χ0) is 18.4. The summed E-state index contributed by atoms with van der Waals surface area (Å²) in [5.74, 6) is -0.0984. The van der Waals surface area contributed by atoms with Crippen molar-refractivity contribution >= 4 is 27.1 Å². The largest absolute Gasteiger partial charge is 0.354 e. The van der Waals surface area contributed by atoms with Gasteiger partial charge in [0.1, 0.15) is 5.25 Å². The molecule has 4 nitrogen and oxygen atoms in total. The van der Waals surface area contributed by atoms with Crippen LogP contribution in [0.15, 0.2) is 40.6 Å². The summed E-state index contributed by atoms with van der Waals surface area (Å²) in [5, 5.41) is 3.89. The second kappa shape index (κ2) is 8.63. The lowest BCUT2D eigenvalue weighted by Crippen LogP contribution is -2.31. The number of carbonyl (C=O) groups excluding carboxylic acids is 1. The van der Waals surface area contributed by atoms with E-state index in [1.54, 1.807) is 12.1 Å². The molecule has 2 aromatic rings. The summed E-state index contributed by atoms with van der Waals surface area (Å²) in [4.78, 5) is 13.0. The summed E-state index contributed by atoms with van der Waals surface area (Å²) >= 11 is 1.40. The highest BCUT2D eigenvalue weighted by atomic mass is 32.2. The number of aryl methyl sites for hydroxylation is 2. The standard InChI is InChI=1S/C19H25NO3S2/c1-4-5-8-19(21)20-13-18(17-7-6-11-24-17)25(22,23)16-10-9-14(2)15(3)12-16/h6-7,9-12,18H,4-5,8,13H2,1-3H3,(H,20,21)/t18-/m0/s1. The minimum Gasteiger partial charge on any atom is -0.354 e. The highest BCUT2D eigenvalue weighted by Crippen LogP contribution is 2.32. The van der Waals surface area contributed by atoms with Gasteiger partial charge in [0.15, 0.2) is 9.84 Å². The third kappa shape index (κ3) is 4.92. The predicted octanol–water partition coefficient (Wildman–Crippen LogP) is 4.19. The molecule has 0 fully saturated rings. The Balaban J connectivity index is 2.28. The Hall–Kier alpha value is -1.66. The Kier molecular flexibility index (Phi) is 6.79. The predicted molar refractivity (Wildman–Crippen MR) is 103 cm³/mol. The van der Waals surface area contributed by atoms with E-state index < -0.39 is 15.1 Å². The third-order valence-corrected chi connectivity index (χ3v) is 7.50. The summed E-state index contributed by atoms with van der Waals surface area (Å²) < 4.78 is 26.4. The van der Waals surface area contributed by atoms with Crippen molar-refractivity contribution < 1.29 is 13.2 Å². The van der Waals surface area contributed by atoms with E-state index in [2.05, 4.69) is 5.32 Å². The normalized spacial score (nSPS) is 12.8. The number of carbonyl (C=O) groups is 1. The molecule has 0 radical (unpaired) electrons. The van der Waals surface area contributed by atoms with Crippen molar-refractivity contribution in [3.63, 3.8) is 0 Å². The Morgan fingerprint density at radius 1 is 1.20 bits per heavy atom. The summed E-state index contributed by atoms with van der Waals surface area (Å²) in [5.41, 5.74) is 2.00. The van der Waals surface area contributed by atoms with Crippen LogP contribution < -0.4 is 5.32 Å². The van der Waals surface area contributed by atoms with E-state index >= 15 is 0 Å². The van der Waals surface area contributed by atoms with Gasteiger partial charge >= 0.3 is 0 Å². The van der Waals surface area contributed by atoms with Gasteiger partial charge in [-0.05, 0) is 55.0 Å². The first-order valence-electron chi connectivity index (χ1n) is 8.47. The van der Waals surface area contributed by atoms with E-state index in [-0.39, 0.29) is 12.5 Å². The molecule has 0 saturated heterocycles. The van der Waals surface area contributed by atoms with Crippen molar-refractivity contribution in [2.45, 2.75) is 50.2 Å². The number of hydrogen-bond acceptors (Lipinski definition) is 4. The van der Waals surface area contributed by atoms with Gasteiger partial charge in [-0.25, -0.2) is 8.42 Å². The fourth-order valence-corrected chi connectivity index (χ4v) is 5.39. The SMILES string of the molecule is CCCCC(=O)NC[C@@H](c1cccs1)S(=O)(=O)c1ccc(C)c(C)c1. The Morgan fingerprint density at radius 2 is 1.96 bits per heavy atom. The van der Waals surface area contributed by atoms with E-state index in [1.165, 1.54) is 11.3 Å². The summed E-state index contributed by atoms with van der Waals surface area (Å²) in [6.45, 7) is 5.97. The average molecular weight is 380 g/mol. The lowest BCUT2D eigenvalue weighted by Gasteiger charge is -2.18. The maximum atomic E-state index is 13.2. The lowest BCUT2D eigenvalue weighted by molar-refractivity contribution is -0.121. The number of rotatable bonds is 8. The van der Waals surface area contributed by atoms with Crippen LogP contribution in [0.1, 0.15) is 47.4 Å². The highest BCUT2D eigenvalue weighted by Gasteiger charge is 2.30. The van der Waals surface area contributed by atoms with Crippen LogP contribution in [0.25, 0.3) is 0 Å². The summed E-state index contributed by atoms with van der Waals surface area (Å²) in [7, 11) is -3.58. The highest BCUT2D eigenvalue weighted by molar-refractivity contribution is 7.91. The van der Waals surface area contributed by atoms with Crippen molar-refractivity contribution in [1.29, 1.82) is 0 Å². The molecule has 25 heavy (non-hydrogen) atoms. The molecule has 0 bridgehead atoms. The topological polar surface area (TPSA) is 63.2 Å². The van der Waals surface area contributed by atoms with Crippen LogP contribution in [0.2, 0.25) is 0 Å². The number of sulfone groups is 1. The number of benzene rings is 1. The van der Waals surface area contributed by atoms with Gasteiger partial charge in [-0.3, -0.25) is 4.79 Å². The molecule has 1 atom stereocenters. The molecule has 136 valence electrons. The molecule has 0 spiro atoms. The molecule has 0 aliphatic carbocycles. The first kappa shape index (κ1) is 19.7. The van der Waals surface area contributed by atoms with Gasteiger partial charge in [0.25, 0.3) is 0 Å². The molecule has 1 aromatic carbocycles. The van der Waals surface area contributed by atoms with Crippen molar-refractivity contribution in [3.8, 4) is 0 Å². The van der Waals surface area contributed by atoms with Gasteiger partial charge in [0, 0.05) is 17.8 Å². The monoisotopic (exact) mass is 379 g/mol. The minimum absolute atomic E-state index is 0.0956. The van der Waals surface area contributed by atoms with Crippen molar-refractivity contribution in [1.82, 2.24) is 5.32 Å². The van der Waals surface area contributed by atoms with Crippen molar-refractivity contribution in [2.24, 2.45) is 0 Å². The second-order valence-corrected chi connectivity index (χ2v) is 9.31. The number of nitrogens with one attached hydrogen (secondary N) is 1. The maximum absolute atomic E-state index is 13.2. The summed E-state index contributed by atoms with van der Waals surface area (Å²) in [6, 6.07) is 8.84. The van der Waals surface area contributed by atoms with Gasteiger partial charge in [0.2, 0.25) is 5.91 Å². The summed E-state index contributed by atoms with van der Waals surface area (Å²) in [6.07, 6.45) is 2.17. The molecule has 0 saturated carbocycles. The van der Waals surface area contributed by atoms with E-state index in [4.69, 9.17) is 0 Å². The van der Waals surface area contributed by atoms with Gasteiger partial charge < -0.3 is 5.32 Å². The molecule has 1 aromatic heterocycles. The van der Waals surface area contributed by atoms with Gasteiger partial charge in [-0.15, -0.1) is 11.3 Å².